The predicted octanol–water partition coefficient (Wildman–Crippen LogP) is 3.23. The van der Waals surface area contributed by atoms with E-state index in [2.05, 4.69) is 6.07 Å². The first-order chi connectivity index (χ1) is 12.1. The molecule has 2 aliphatic rings. The standard InChI is InChI=1S/C19H20N2O3S/c1-13-19(23)21(14-6-2-3-8-16(14)24-13)12-18(22)20-10-4-7-15(20)17-9-5-11-25-17/h2-3,5-6,8-9,11,13,15H,4,7,10,12H2,1H3. The molecule has 0 bridgehead atoms. The lowest BCUT2D eigenvalue weighted by atomic mass is 10.1. The summed E-state index contributed by atoms with van der Waals surface area (Å²) in [6.45, 7) is 2.53. The zero-order valence-corrected chi connectivity index (χ0v) is 14.9. The highest BCUT2D eigenvalue weighted by Gasteiger charge is 2.36. The number of amides is 2. The number of carbonyl (C=O) groups is 2. The number of para-hydroxylation sites is 2. The van der Waals surface area contributed by atoms with Gasteiger partial charge in [-0.25, -0.2) is 0 Å². The van der Waals surface area contributed by atoms with Crippen molar-refractivity contribution in [2.45, 2.75) is 31.9 Å². The van der Waals surface area contributed by atoms with E-state index in [0.29, 0.717) is 11.4 Å². The molecule has 1 aromatic carbocycles. The molecule has 5 nitrogen and oxygen atoms in total. The predicted molar refractivity (Wildman–Crippen MR) is 96.9 cm³/mol. The summed E-state index contributed by atoms with van der Waals surface area (Å²) >= 11 is 1.68. The zero-order valence-electron chi connectivity index (χ0n) is 14.1. The Labute approximate surface area is 150 Å². The summed E-state index contributed by atoms with van der Waals surface area (Å²) < 4.78 is 5.65. The number of thiophene rings is 1. The minimum Gasteiger partial charge on any atom is -0.479 e. The third-order valence-corrected chi connectivity index (χ3v) is 5.79. The second-order valence-electron chi connectivity index (χ2n) is 6.41. The molecule has 0 radical (unpaired) electrons. The van der Waals surface area contributed by atoms with Gasteiger partial charge in [-0.15, -0.1) is 11.3 Å². The summed E-state index contributed by atoms with van der Waals surface area (Å²) in [6, 6.07) is 11.6. The summed E-state index contributed by atoms with van der Waals surface area (Å²) in [5, 5.41) is 2.04. The molecule has 6 heteroatoms. The van der Waals surface area contributed by atoms with E-state index in [9.17, 15) is 9.59 Å². The van der Waals surface area contributed by atoms with Crippen LogP contribution in [0.1, 0.15) is 30.7 Å². The van der Waals surface area contributed by atoms with Crippen LogP contribution in [0.15, 0.2) is 41.8 Å². The molecule has 0 N–H and O–H groups in total. The van der Waals surface area contributed by atoms with E-state index in [1.807, 2.05) is 40.6 Å². The molecule has 1 saturated heterocycles. The number of rotatable bonds is 3. The van der Waals surface area contributed by atoms with Crippen molar-refractivity contribution in [2.75, 3.05) is 18.0 Å². The molecule has 0 aliphatic carbocycles. The Hall–Kier alpha value is -2.34. The van der Waals surface area contributed by atoms with Crippen LogP contribution in [0.4, 0.5) is 5.69 Å². The number of hydrogen-bond donors (Lipinski definition) is 0. The first-order valence-electron chi connectivity index (χ1n) is 8.55. The van der Waals surface area contributed by atoms with Gasteiger partial charge in [0.25, 0.3) is 5.91 Å². The Morgan fingerprint density at radius 3 is 2.92 bits per heavy atom. The van der Waals surface area contributed by atoms with Crippen molar-refractivity contribution >= 4 is 28.8 Å². The van der Waals surface area contributed by atoms with Crippen LogP contribution in [-0.4, -0.2) is 35.9 Å². The normalized spacial score (nSPS) is 22.7. The van der Waals surface area contributed by atoms with Crippen LogP contribution in [-0.2, 0) is 9.59 Å². The summed E-state index contributed by atoms with van der Waals surface area (Å²) in [4.78, 5) is 30.3. The van der Waals surface area contributed by atoms with E-state index in [4.69, 9.17) is 4.74 Å². The maximum Gasteiger partial charge on any atom is 0.268 e. The van der Waals surface area contributed by atoms with Gasteiger partial charge < -0.3 is 9.64 Å². The number of ether oxygens (including phenoxy) is 1. The summed E-state index contributed by atoms with van der Waals surface area (Å²) in [6.07, 6.45) is 1.41. The van der Waals surface area contributed by atoms with Gasteiger partial charge in [-0.2, -0.15) is 0 Å². The SMILES string of the molecule is CC1Oc2ccccc2N(CC(=O)N2CCCC2c2cccs2)C1=O. The first-order valence-corrected chi connectivity index (χ1v) is 9.43. The maximum absolute atomic E-state index is 13.0. The van der Waals surface area contributed by atoms with E-state index in [1.165, 1.54) is 4.88 Å². The number of anilines is 1. The van der Waals surface area contributed by atoms with Gasteiger partial charge in [-0.3, -0.25) is 14.5 Å². The van der Waals surface area contributed by atoms with Crippen molar-refractivity contribution in [2.24, 2.45) is 0 Å². The van der Waals surface area contributed by atoms with Gasteiger partial charge in [-0.1, -0.05) is 18.2 Å². The molecule has 3 heterocycles. The van der Waals surface area contributed by atoms with Crippen LogP contribution in [0.3, 0.4) is 0 Å². The van der Waals surface area contributed by atoms with Crippen molar-refractivity contribution in [3.8, 4) is 5.75 Å². The fourth-order valence-electron chi connectivity index (χ4n) is 3.59. The van der Waals surface area contributed by atoms with Crippen molar-refractivity contribution in [3.05, 3.63) is 46.7 Å². The van der Waals surface area contributed by atoms with Gasteiger partial charge in [0.05, 0.1) is 11.7 Å². The van der Waals surface area contributed by atoms with Crippen molar-refractivity contribution in [1.82, 2.24) is 4.90 Å². The van der Waals surface area contributed by atoms with Gasteiger partial charge in [-0.05, 0) is 43.3 Å². The summed E-state index contributed by atoms with van der Waals surface area (Å²) in [5.41, 5.74) is 0.672. The Bertz CT molecular complexity index is 790. The lowest BCUT2D eigenvalue weighted by Crippen LogP contribution is -2.49. The van der Waals surface area contributed by atoms with Gasteiger partial charge in [0, 0.05) is 11.4 Å². The monoisotopic (exact) mass is 356 g/mol. The second-order valence-corrected chi connectivity index (χ2v) is 7.39. The highest BCUT2D eigenvalue weighted by Crippen LogP contribution is 2.36. The maximum atomic E-state index is 13.0. The van der Waals surface area contributed by atoms with Crippen LogP contribution >= 0.6 is 11.3 Å². The molecule has 0 spiro atoms. The molecule has 25 heavy (non-hydrogen) atoms. The Morgan fingerprint density at radius 2 is 2.12 bits per heavy atom. The van der Waals surface area contributed by atoms with Crippen LogP contribution in [0, 0.1) is 0 Å². The minimum absolute atomic E-state index is 0.00634. The van der Waals surface area contributed by atoms with Crippen LogP contribution < -0.4 is 9.64 Å². The van der Waals surface area contributed by atoms with E-state index in [0.717, 1.165) is 19.4 Å². The Kier molecular flexibility index (Phi) is 4.21. The molecule has 130 valence electrons. The molecule has 2 amide bonds. The molecule has 4 rings (SSSR count). The lowest BCUT2D eigenvalue weighted by molar-refractivity contribution is -0.133. The van der Waals surface area contributed by atoms with E-state index in [1.54, 1.807) is 23.2 Å². The van der Waals surface area contributed by atoms with Crippen LogP contribution in [0.5, 0.6) is 5.75 Å². The van der Waals surface area contributed by atoms with E-state index in [-0.39, 0.29) is 24.4 Å². The lowest BCUT2D eigenvalue weighted by Gasteiger charge is -2.34. The highest BCUT2D eigenvalue weighted by molar-refractivity contribution is 7.10. The fourth-order valence-corrected chi connectivity index (χ4v) is 4.46. The molecular formula is C19H20N2O3S. The third kappa shape index (κ3) is 2.91. The van der Waals surface area contributed by atoms with Gasteiger partial charge in [0.15, 0.2) is 6.10 Å². The summed E-state index contributed by atoms with van der Waals surface area (Å²) in [7, 11) is 0. The molecule has 2 aromatic rings. The molecular weight excluding hydrogens is 336 g/mol. The number of fused-ring (bicyclic) bond motifs is 1. The number of likely N-dealkylation sites (tertiary alicyclic amines) is 1. The average Bonchev–Trinajstić information content (AvgIpc) is 3.29. The van der Waals surface area contributed by atoms with Crippen LogP contribution in [0.25, 0.3) is 0 Å². The summed E-state index contributed by atoms with van der Waals surface area (Å²) in [5.74, 6) is 0.478. The molecule has 2 aliphatic heterocycles. The Balaban J connectivity index is 1.57. The fraction of sp³-hybridized carbons (Fsp3) is 0.368. The quantitative estimate of drug-likeness (QED) is 0.848. The van der Waals surface area contributed by atoms with Gasteiger partial charge in [0.2, 0.25) is 5.91 Å². The van der Waals surface area contributed by atoms with Gasteiger partial charge in [0.1, 0.15) is 12.3 Å². The largest absolute Gasteiger partial charge is 0.479 e. The third-order valence-electron chi connectivity index (χ3n) is 4.81. The smallest absolute Gasteiger partial charge is 0.268 e. The number of carbonyl (C=O) groups excluding carboxylic acids is 2. The number of nitrogens with zero attached hydrogens (tertiary/aromatic N) is 2. The molecule has 1 fully saturated rings. The van der Waals surface area contributed by atoms with E-state index < -0.39 is 6.10 Å². The zero-order chi connectivity index (χ0) is 17.4. The number of hydrogen-bond acceptors (Lipinski definition) is 4. The molecule has 1 aromatic heterocycles. The number of benzene rings is 1. The van der Waals surface area contributed by atoms with Gasteiger partial charge >= 0.3 is 0 Å². The average molecular weight is 356 g/mol. The molecule has 2 atom stereocenters. The van der Waals surface area contributed by atoms with E-state index >= 15 is 0 Å². The van der Waals surface area contributed by atoms with Crippen molar-refractivity contribution < 1.29 is 14.3 Å². The van der Waals surface area contributed by atoms with Crippen LogP contribution in [0.2, 0.25) is 0 Å². The van der Waals surface area contributed by atoms with Crippen molar-refractivity contribution in [1.29, 1.82) is 0 Å². The highest BCUT2D eigenvalue weighted by atomic mass is 32.1. The molecule has 0 saturated carbocycles. The topological polar surface area (TPSA) is 49.9 Å². The Morgan fingerprint density at radius 1 is 1.28 bits per heavy atom. The van der Waals surface area contributed by atoms with Crippen molar-refractivity contribution in [3.63, 3.8) is 0 Å². The first kappa shape index (κ1) is 16.1. The minimum atomic E-state index is -0.575. The molecule has 2 unspecified atom stereocenters. The second kappa shape index (κ2) is 6.52.